The van der Waals surface area contributed by atoms with Gasteiger partial charge in [0.2, 0.25) is 0 Å². The molecule has 0 bridgehead atoms. The third kappa shape index (κ3) is 4.87. The first-order chi connectivity index (χ1) is 6.84. The molecule has 0 saturated heterocycles. The van der Waals surface area contributed by atoms with E-state index in [-0.39, 0.29) is 0 Å². The Kier molecular flexibility index (Phi) is 7.95. The Labute approximate surface area is 87.5 Å². The van der Waals surface area contributed by atoms with Crippen molar-refractivity contribution in [2.24, 2.45) is 0 Å². The summed E-state index contributed by atoms with van der Waals surface area (Å²) in [6.07, 6.45) is 0. The van der Waals surface area contributed by atoms with Crippen molar-refractivity contribution in [1.82, 2.24) is 0 Å². The molecule has 0 heterocycles. The highest BCUT2D eigenvalue weighted by Gasteiger charge is 1.96. The van der Waals surface area contributed by atoms with Gasteiger partial charge in [-0.3, -0.25) is 0 Å². The maximum absolute atomic E-state index is 4.99. The molecule has 1 aromatic carbocycles. The molecule has 0 aliphatic heterocycles. The molecular weight excluding hydrogens is 174 g/mol. The summed E-state index contributed by atoms with van der Waals surface area (Å²) in [7, 11) is 3.78. The number of hydrogen-bond donors (Lipinski definition) is 0. The summed E-state index contributed by atoms with van der Waals surface area (Å²) in [5.74, 6) is 0. The molecule has 0 fully saturated rings. The number of anilines is 1. The van der Waals surface area contributed by atoms with E-state index in [4.69, 9.17) is 4.74 Å². The van der Waals surface area contributed by atoms with E-state index in [1.165, 1.54) is 5.69 Å². The molecule has 0 aliphatic rings. The van der Waals surface area contributed by atoms with Crippen LogP contribution in [0.5, 0.6) is 0 Å². The first kappa shape index (κ1) is 13.0. The average molecular weight is 195 g/mol. The lowest BCUT2D eigenvalue weighted by Crippen LogP contribution is -2.21. The van der Waals surface area contributed by atoms with Crippen LogP contribution in [0.25, 0.3) is 0 Å². The maximum Gasteiger partial charge on any atom is 0.0637 e. The van der Waals surface area contributed by atoms with Crippen molar-refractivity contribution < 1.29 is 4.74 Å². The second-order valence-corrected chi connectivity index (χ2v) is 2.75. The lowest BCUT2D eigenvalue weighted by molar-refractivity contribution is 0.206. The van der Waals surface area contributed by atoms with Crippen LogP contribution in [0.1, 0.15) is 13.8 Å². The molecule has 14 heavy (non-hydrogen) atoms. The van der Waals surface area contributed by atoms with Crippen molar-refractivity contribution in [1.29, 1.82) is 0 Å². The van der Waals surface area contributed by atoms with Crippen molar-refractivity contribution in [2.45, 2.75) is 13.8 Å². The molecule has 0 atom stereocenters. The molecule has 0 saturated carbocycles. The number of benzene rings is 1. The van der Waals surface area contributed by atoms with E-state index >= 15 is 0 Å². The van der Waals surface area contributed by atoms with Gasteiger partial charge < -0.3 is 9.64 Å². The van der Waals surface area contributed by atoms with Crippen LogP contribution in [-0.4, -0.2) is 27.3 Å². The van der Waals surface area contributed by atoms with Crippen LogP contribution in [0.4, 0.5) is 5.69 Å². The summed E-state index contributed by atoms with van der Waals surface area (Å²) in [4.78, 5) is 2.17. The van der Waals surface area contributed by atoms with Gasteiger partial charge in [0.05, 0.1) is 6.61 Å². The zero-order chi connectivity index (χ0) is 10.8. The van der Waals surface area contributed by atoms with Crippen molar-refractivity contribution in [2.75, 3.05) is 32.2 Å². The highest BCUT2D eigenvalue weighted by molar-refractivity contribution is 5.44. The molecular formula is C12H21NO. The van der Waals surface area contributed by atoms with Crippen LogP contribution in [-0.2, 0) is 4.74 Å². The number of likely N-dealkylation sites (N-methyl/N-ethyl adjacent to an activating group) is 1. The fourth-order valence-electron chi connectivity index (χ4n) is 1.04. The summed E-state index contributed by atoms with van der Waals surface area (Å²) >= 11 is 0. The Hall–Kier alpha value is -1.02. The number of nitrogens with zero attached hydrogens (tertiary/aromatic N) is 1. The standard InChI is InChI=1S/C10H15NO.C2H6/c1-11(8-9-12-2)10-6-4-3-5-7-10;1-2/h3-7H,8-9H2,1-2H3;1-2H3. The largest absolute Gasteiger partial charge is 0.383 e. The normalized spacial score (nSPS) is 8.86. The van der Waals surface area contributed by atoms with Gasteiger partial charge in [0, 0.05) is 26.4 Å². The van der Waals surface area contributed by atoms with Gasteiger partial charge in [-0.25, -0.2) is 0 Å². The molecule has 0 aromatic heterocycles. The van der Waals surface area contributed by atoms with E-state index in [2.05, 4.69) is 24.1 Å². The molecule has 0 N–H and O–H groups in total. The minimum atomic E-state index is 0.769. The first-order valence-electron chi connectivity index (χ1n) is 5.09. The maximum atomic E-state index is 4.99. The fourth-order valence-corrected chi connectivity index (χ4v) is 1.04. The summed E-state index contributed by atoms with van der Waals surface area (Å²) < 4.78 is 4.99. The number of ether oxygens (including phenoxy) is 1. The van der Waals surface area contributed by atoms with Gasteiger partial charge in [-0.15, -0.1) is 0 Å². The van der Waals surface area contributed by atoms with Crippen molar-refractivity contribution in [3.63, 3.8) is 0 Å². The van der Waals surface area contributed by atoms with Crippen LogP contribution < -0.4 is 4.90 Å². The highest BCUT2D eigenvalue weighted by Crippen LogP contribution is 2.09. The second-order valence-electron chi connectivity index (χ2n) is 2.75. The van der Waals surface area contributed by atoms with Crippen molar-refractivity contribution >= 4 is 5.69 Å². The summed E-state index contributed by atoms with van der Waals surface area (Å²) in [6.45, 7) is 5.70. The van der Waals surface area contributed by atoms with Gasteiger partial charge in [-0.05, 0) is 12.1 Å². The second kappa shape index (κ2) is 8.57. The van der Waals surface area contributed by atoms with Gasteiger partial charge in [0.25, 0.3) is 0 Å². The van der Waals surface area contributed by atoms with Gasteiger partial charge in [0.15, 0.2) is 0 Å². The zero-order valence-electron chi connectivity index (χ0n) is 9.66. The smallest absolute Gasteiger partial charge is 0.0637 e. The average Bonchev–Trinajstić information content (AvgIpc) is 2.30. The fraction of sp³-hybridized carbons (Fsp3) is 0.500. The topological polar surface area (TPSA) is 12.5 Å². The minimum Gasteiger partial charge on any atom is -0.383 e. The van der Waals surface area contributed by atoms with E-state index < -0.39 is 0 Å². The van der Waals surface area contributed by atoms with Gasteiger partial charge in [-0.2, -0.15) is 0 Å². The molecule has 2 nitrogen and oxygen atoms in total. The summed E-state index contributed by atoms with van der Waals surface area (Å²) in [6, 6.07) is 10.3. The predicted octanol–water partition coefficient (Wildman–Crippen LogP) is 2.80. The Morgan fingerprint density at radius 3 is 2.21 bits per heavy atom. The molecule has 1 aromatic rings. The summed E-state index contributed by atoms with van der Waals surface area (Å²) in [5.41, 5.74) is 1.23. The molecule has 2 heteroatoms. The Balaban J connectivity index is 0.000000791. The van der Waals surface area contributed by atoms with Crippen LogP contribution in [0.3, 0.4) is 0 Å². The van der Waals surface area contributed by atoms with E-state index in [9.17, 15) is 0 Å². The van der Waals surface area contributed by atoms with Crippen molar-refractivity contribution in [3.05, 3.63) is 30.3 Å². The van der Waals surface area contributed by atoms with E-state index in [0.717, 1.165) is 13.2 Å². The van der Waals surface area contributed by atoms with Crippen LogP contribution in [0.2, 0.25) is 0 Å². The molecule has 1 rings (SSSR count). The third-order valence-electron chi connectivity index (χ3n) is 1.83. The molecule has 0 spiro atoms. The monoisotopic (exact) mass is 195 g/mol. The van der Waals surface area contributed by atoms with Gasteiger partial charge in [-0.1, -0.05) is 32.0 Å². The van der Waals surface area contributed by atoms with Crippen LogP contribution in [0.15, 0.2) is 30.3 Å². The molecule has 0 aliphatic carbocycles. The SMILES string of the molecule is CC.COCCN(C)c1ccccc1. The van der Waals surface area contributed by atoms with Crippen molar-refractivity contribution in [3.8, 4) is 0 Å². The summed E-state index contributed by atoms with van der Waals surface area (Å²) in [5, 5.41) is 0. The Morgan fingerprint density at radius 2 is 1.71 bits per heavy atom. The van der Waals surface area contributed by atoms with Gasteiger partial charge in [0.1, 0.15) is 0 Å². The lowest BCUT2D eigenvalue weighted by Gasteiger charge is -2.18. The van der Waals surface area contributed by atoms with Crippen LogP contribution in [0, 0.1) is 0 Å². The van der Waals surface area contributed by atoms with Crippen LogP contribution >= 0.6 is 0 Å². The number of methoxy groups -OCH3 is 1. The third-order valence-corrected chi connectivity index (χ3v) is 1.83. The van der Waals surface area contributed by atoms with E-state index in [0.29, 0.717) is 0 Å². The minimum absolute atomic E-state index is 0.769. The number of hydrogen-bond acceptors (Lipinski definition) is 2. The lowest BCUT2D eigenvalue weighted by atomic mass is 10.3. The van der Waals surface area contributed by atoms with E-state index in [1.807, 2.05) is 32.0 Å². The Bertz CT molecular complexity index is 211. The Morgan fingerprint density at radius 1 is 1.14 bits per heavy atom. The van der Waals surface area contributed by atoms with E-state index in [1.54, 1.807) is 7.11 Å². The zero-order valence-corrected chi connectivity index (χ0v) is 9.66. The molecule has 0 unspecified atom stereocenters. The highest BCUT2D eigenvalue weighted by atomic mass is 16.5. The number of rotatable bonds is 4. The molecule has 0 radical (unpaired) electrons. The molecule has 0 amide bonds. The van der Waals surface area contributed by atoms with Gasteiger partial charge >= 0.3 is 0 Å². The molecule has 80 valence electrons. The number of para-hydroxylation sites is 1. The predicted molar refractivity (Wildman–Crippen MR) is 62.9 cm³/mol. The first-order valence-corrected chi connectivity index (χ1v) is 5.09. The quantitative estimate of drug-likeness (QED) is 0.732.